The highest BCUT2D eigenvalue weighted by molar-refractivity contribution is 5.97. The molecule has 0 spiro atoms. The van der Waals surface area contributed by atoms with Gasteiger partial charge in [-0.05, 0) is 45.0 Å². The quantitative estimate of drug-likeness (QED) is 0.875. The number of carbonyl (C=O) groups is 1. The Morgan fingerprint density at radius 3 is 2.74 bits per heavy atom. The number of hydrogen-bond donors (Lipinski definition) is 2. The fourth-order valence-corrected chi connectivity index (χ4v) is 2.33. The van der Waals surface area contributed by atoms with E-state index in [9.17, 15) is 9.18 Å². The molecular weight excluding hydrogens is 247 g/mol. The molecule has 2 rings (SSSR count). The van der Waals surface area contributed by atoms with Gasteiger partial charge in [0, 0.05) is 5.54 Å². The van der Waals surface area contributed by atoms with Crippen LogP contribution in [0.2, 0.25) is 0 Å². The van der Waals surface area contributed by atoms with Crippen LogP contribution in [0.4, 0.5) is 4.39 Å². The number of hydrogen-bond acceptors (Lipinski definition) is 3. The summed E-state index contributed by atoms with van der Waals surface area (Å²) in [5, 5.41) is 6.16. The van der Waals surface area contributed by atoms with Crippen LogP contribution in [0, 0.1) is 5.82 Å². The number of halogens is 1. The molecule has 4 nitrogen and oxygen atoms in total. The molecule has 0 radical (unpaired) electrons. The summed E-state index contributed by atoms with van der Waals surface area (Å²) >= 11 is 0. The van der Waals surface area contributed by atoms with Gasteiger partial charge in [-0.3, -0.25) is 4.79 Å². The first-order valence-corrected chi connectivity index (χ1v) is 6.41. The summed E-state index contributed by atoms with van der Waals surface area (Å²) in [6.07, 6.45) is 1.66. The molecule has 2 N–H and O–H groups in total. The molecule has 1 heterocycles. The van der Waals surface area contributed by atoms with Gasteiger partial charge in [-0.15, -0.1) is 0 Å². The Kier molecular flexibility index (Phi) is 4.04. The van der Waals surface area contributed by atoms with E-state index in [4.69, 9.17) is 4.74 Å². The van der Waals surface area contributed by atoms with Crippen LogP contribution in [-0.2, 0) is 0 Å². The number of rotatable bonds is 3. The van der Waals surface area contributed by atoms with Crippen LogP contribution in [0.1, 0.15) is 30.1 Å². The predicted molar refractivity (Wildman–Crippen MR) is 70.9 cm³/mol. The minimum Gasteiger partial charge on any atom is -0.496 e. The predicted octanol–water partition coefficient (Wildman–Crippen LogP) is 1.71. The maximum absolute atomic E-state index is 13.8. The Balaban J connectivity index is 2.20. The molecule has 1 aromatic rings. The average molecular weight is 266 g/mol. The molecule has 0 aliphatic carbocycles. The second-order valence-corrected chi connectivity index (χ2v) is 5.08. The summed E-state index contributed by atoms with van der Waals surface area (Å²) in [4.78, 5) is 12.3. The number of piperidine rings is 1. The fourth-order valence-electron chi connectivity index (χ4n) is 2.33. The topological polar surface area (TPSA) is 50.4 Å². The first kappa shape index (κ1) is 13.8. The maximum atomic E-state index is 13.8. The summed E-state index contributed by atoms with van der Waals surface area (Å²) in [6.45, 7) is 3.69. The third-order valence-electron chi connectivity index (χ3n) is 3.54. The number of amides is 1. The van der Waals surface area contributed by atoms with E-state index >= 15 is 0 Å². The van der Waals surface area contributed by atoms with Gasteiger partial charge in [0.05, 0.1) is 7.11 Å². The number of benzene rings is 1. The Morgan fingerprint density at radius 2 is 2.11 bits per heavy atom. The SMILES string of the molecule is COc1cccc(F)c1C(=O)NC1(C)CCNCC1. The minimum absolute atomic E-state index is 0.0234. The van der Waals surface area contributed by atoms with Crippen LogP contribution in [0.15, 0.2) is 18.2 Å². The third-order valence-corrected chi connectivity index (χ3v) is 3.54. The van der Waals surface area contributed by atoms with Gasteiger partial charge in [-0.1, -0.05) is 6.07 Å². The van der Waals surface area contributed by atoms with Crippen LogP contribution < -0.4 is 15.4 Å². The summed E-state index contributed by atoms with van der Waals surface area (Å²) in [5.41, 5.74) is -0.319. The van der Waals surface area contributed by atoms with Gasteiger partial charge in [-0.25, -0.2) is 4.39 Å². The van der Waals surface area contributed by atoms with Crippen molar-refractivity contribution in [2.75, 3.05) is 20.2 Å². The van der Waals surface area contributed by atoms with E-state index < -0.39 is 11.7 Å². The van der Waals surface area contributed by atoms with E-state index in [0.29, 0.717) is 0 Å². The number of nitrogens with one attached hydrogen (secondary N) is 2. The lowest BCUT2D eigenvalue weighted by Gasteiger charge is -2.35. The lowest BCUT2D eigenvalue weighted by atomic mass is 9.90. The summed E-state index contributed by atoms with van der Waals surface area (Å²) in [6, 6.07) is 4.38. The van der Waals surface area contributed by atoms with Crippen LogP contribution >= 0.6 is 0 Å². The van der Waals surface area contributed by atoms with Gasteiger partial charge in [0.2, 0.25) is 0 Å². The highest BCUT2D eigenvalue weighted by Crippen LogP contribution is 2.24. The third kappa shape index (κ3) is 3.04. The number of methoxy groups -OCH3 is 1. The Morgan fingerprint density at radius 1 is 1.42 bits per heavy atom. The molecule has 19 heavy (non-hydrogen) atoms. The Bertz CT molecular complexity index is 471. The van der Waals surface area contributed by atoms with Crippen LogP contribution in [0.3, 0.4) is 0 Å². The lowest BCUT2D eigenvalue weighted by Crippen LogP contribution is -2.52. The maximum Gasteiger partial charge on any atom is 0.258 e. The Hall–Kier alpha value is -1.62. The van der Waals surface area contributed by atoms with Crippen molar-refractivity contribution in [3.8, 4) is 5.75 Å². The van der Waals surface area contributed by atoms with Gasteiger partial charge in [0.15, 0.2) is 0 Å². The molecule has 1 saturated heterocycles. The average Bonchev–Trinajstić information content (AvgIpc) is 2.38. The van der Waals surface area contributed by atoms with E-state index in [1.807, 2.05) is 6.92 Å². The van der Waals surface area contributed by atoms with E-state index in [1.165, 1.54) is 19.2 Å². The molecule has 0 unspecified atom stereocenters. The van der Waals surface area contributed by atoms with E-state index in [2.05, 4.69) is 10.6 Å². The van der Waals surface area contributed by atoms with Crippen molar-refractivity contribution in [1.82, 2.24) is 10.6 Å². The zero-order valence-electron chi connectivity index (χ0n) is 11.3. The highest BCUT2D eigenvalue weighted by Gasteiger charge is 2.30. The van der Waals surface area contributed by atoms with Gasteiger partial charge >= 0.3 is 0 Å². The summed E-state index contributed by atoms with van der Waals surface area (Å²) in [5.74, 6) is -0.719. The van der Waals surface area contributed by atoms with E-state index in [1.54, 1.807) is 6.07 Å². The number of carbonyl (C=O) groups excluding carboxylic acids is 1. The minimum atomic E-state index is -0.561. The molecule has 1 fully saturated rings. The number of ether oxygens (including phenoxy) is 1. The molecule has 1 aliphatic rings. The van der Waals surface area contributed by atoms with Gasteiger partial charge in [0.1, 0.15) is 17.1 Å². The zero-order chi connectivity index (χ0) is 13.9. The van der Waals surface area contributed by atoms with Crippen LogP contribution in [-0.4, -0.2) is 31.6 Å². The van der Waals surface area contributed by atoms with Crippen molar-refractivity contribution in [3.05, 3.63) is 29.6 Å². The van der Waals surface area contributed by atoms with Crippen molar-refractivity contribution < 1.29 is 13.9 Å². The summed E-state index contributed by atoms with van der Waals surface area (Å²) < 4.78 is 18.9. The van der Waals surface area contributed by atoms with E-state index in [0.717, 1.165) is 25.9 Å². The molecule has 0 atom stereocenters. The monoisotopic (exact) mass is 266 g/mol. The second kappa shape index (κ2) is 5.57. The molecule has 0 aromatic heterocycles. The van der Waals surface area contributed by atoms with Crippen molar-refractivity contribution in [1.29, 1.82) is 0 Å². The van der Waals surface area contributed by atoms with Crippen molar-refractivity contribution in [2.24, 2.45) is 0 Å². The van der Waals surface area contributed by atoms with Gasteiger partial charge < -0.3 is 15.4 Å². The smallest absolute Gasteiger partial charge is 0.258 e. The van der Waals surface area contributed by atoms with Crippen molar-refractivity contribution >= 4 is 5.91 Å². The molecule has 1 amide bonds. The highest BCUT2D eigenvalue weighted by atomic mass is 19.1. The van der Waals surface area contributed by atoms with E-state index in [-0.39, 0.29) is 16.9 Å². The lowest BCUT2D eigenvalue weighted by molar-refractivity contribution is 0.0880. The Labute approximate surface area is 112 Å². The van der Waals surface area contributed by atoms with Crippen LogP contribution in [0.5, 0.6) is 5.75 Å². The van der Waals surface area contributed by atoms with Crippen LogP contribution in [0.25, 0.3) is 0 Å². The first-order valence-electron chi connectivity index (χ1n) is 6.41. The van der Waals surface area contributed by atoms with Gasteiger partial charge in [0.25, 0.3) is 5.91 Å². The molecular formula is C14H19FN2O2. The molecule has 104 valence electrons. The standard InChI is InChI=1S/C14H19FN2O2/c1-14(6-8-16-9-7-14)17-13(18)12-10(15)4-3-5-11(12)19-2/h3-5,16H,6-9H2,1-2H3,(H,17,18). The van der Waals surface area contributed by atoms with Crippen molar-refractivity contribution in [2.45, 2.75) is 25.3 Å². The van der Waals surface area contributed by atoms with Gasteiger partial charge in [-0.2, -0.15) is 0 Å². The first-order chi connectivity index (χ1) is 9.06. The summed E-state index contributed by atoms with van der Waals surface area (Å²) in [7, 11) is 1.43. The second-order valence-electron chi connectivity index (χ2n) is 5.08. The largest absolute Gasteiger partial charge is 0.496 e. The fraction of sp³-hybridized carbons (Fsp3) is 0.500. The zero-order valence-corrected chi connectivity index (χ0v) is 11.3. The normalized spacial score (nSPS) is 17.8. The molecule has 5 heteroatoms. The molecule has 0 bridgehead atoms. The van der Waals surface area contributed by atoms with Crippen molar-refractivity contribution in [3.63, 3.8) is 0 Å². The molecule has 1 aliphatic heterocycles. The molecule has 1 aromatic carbocycles. The molecule has 0 saturated carbocycles.